The summed E-state index contributed by atoms with van der Waals surface area (Å²) in [5.41, 5.74) is 16.7. The van der Waals surface area contributed by atoms with Crippen LogP contribution in [0.3, 0.4) is 0 Å². The monoisotopic (exact) mass is 745 g/mol. The number of fused-ring (bicyclic) bond motifs is 3. The van der Waals surface area contributed by atoms with E-state index in [-0.39, 0.29) is 0 Å². The van der Waals surface area contributed by atoms with Crippen LogP contribution in [0.2, 0.25) is 0 Å². The molecule has 2 nitrogen and oxygen atoms in total. The SMILES string of the molecule is C=C/C=C\C(=C/CC)c1cc(-c2ccc(N(c3ccc(-c4cccc5c4oc4ccccc45)cc3)c3ccccc3-c3ccccc3)cc2)ccc1-c1ccccc1. The molecule has 0 bridgehead atoms. The molecule has 278 valence electrons. The minimum atomic E-state index is 0.902. The van der Waals surface area contributed by atoms with Crippen molar-refractivity contribution < 1.29 is 4.42 Å². The smallest absolute Gasteiger partial charge is 0.143 e. The second-order valence-electron chi connectivity index (χ2n) is 14.4. The molecule has 1 heterocycles. The van der Waals surface area contributed by atoms with Crippen molar-refractivity contribution in [1.82, 2.24) is 0 Å². The van der Waals surface area contributed by atoms with Crippen LogP contribution in [0.5, 0.6) is 0 Å². The van der Waals surface area contributed by atoms with Crippen molar-refractivity contribution in [2.45, 2.75) is 13.3 Å². The van der Waals surface area contributed by atoms with Crippen molar-refractivity contribution in [3.05, 3.63) is 231 Å². The van der Waals surface area contributed by atoms with Gasteiger partial charge in [0.15, 0.2) is 0 Å². The summed E-state index contributed by atoms with van der Waals surface area (Å²) in [6.45, 7) is 6.12. The molecule has 0 unspecified atom stereocenters. The molecule has 9 rings (SSSR count). The van der Waals surface area contributed by atoms with Gasteiger partial charge in [-0.15, -0.1) is 0 Å². The number of rotatable bonds is 11. The maximum atomic E-state index is 6.42. The lowest BCUT2D eigenvalue weighted by Crippen LogP contribution is -2.11. The third-order valence-electron chi connectivity index (χ3n) is 10.8. The van der Waals surface area contributed by atoms with Gasteiger partial charge >= 0.3 is 0 Å². The Labute approximate surface area is 341 Å². The van der Waals surface area contributed by atoms with Gasteiger partial charge in [-0.25, -0.2) is 0 Å². The Hall–Kier alpha value is -7.42. The van der Waals surface area contributed by atoms with Crippen molar-refractivity contribution in [1.29, 1.82) is 0 Å². The number of nitrogens with zero attached hydrogens (tertiary/aromatic N) is 1. The second-order valence-corrected chi connectivity index (χ2v) is 14.4. The zero-order chi connectivity index (χ0) is 39.3. The Morgan fingerprint density at radius 3 is 1.79 bits per heavy atom. The molecule has 0 fully saturated rings. The molecule has 0 amide bonds. The number of furan rings is 1. The van der Waals surface area contributed by atoms with Gasteiger partial charge in [0.2, 0.25) is 0 Å². The fraction of sp³-hybridized carbons (Fsp3) is 0.0357. The van der Waals surface area contributed by atoms with Crippen LogP contribution >= 0.6 is 0 Å². The first-order valence-electron chi connectivity index (χ1n) is 19.9. The van der Waals surface area contributed by atoms with E-state index in [9.17, 15) is 0 Å². The lowest BCUT2D eigenvalue weighted by Gasteiger charge is -2.28. The van der Waals surface area contributed by atoms with Gasteiger partial charge in [0.1, 0.15) is 11.2 Å². The molecule has 8 aromatic carbocycles. The highest BCUT2D eigenvalue weighted by Crippen LogP contribution is 2.43. The molecule has 0 aliphatic heterocycles. The van der Waals surface area contributed by atoms with E-state index in [4.69, 9.17) is 4.42 Å². The molecular formula is C56H43NO. The Morgan fingerprint density at radius 1 is 0.517 bits per heavy atom. The quantitative estimate of drug-likeness (QED) is 0.123. The van der Waals surface area contributed by atoms with Crippen LogP contribution in [-0.4, -0.2) is 0 Å². The lowest BCUT2D eigenvalue weighted by atomic mass is 9.90. The summed E-state index contributed by atoms with van der Waals surface area (Å²) in [5, 5.41) is 2.26. The van der Waals surface area contributed by atoms with Crippen LogP contribution in [-0.2, 0) is 0 Å². The third-order valence-corrected chi connectivity index (χ3v) is 10.8. The predicted octanol–water partition coefficient (Wildman–Crippen LogP) is 16.3. The number of para-hydroxylation sites is 3. The Bertz CT molecular complexity index is 2910. The van der Waals surface area contributed by atoms with Crippen molar-refractivity contribution in [3.8, 4) is 44.5 Å². The topological polar surface area (TPSA) is 16.4 Å². The van der Waals surface area contributed by atoms with E-state index in [1.807, 2.05) is 24.3 Å². The van der Waals surface area contributed by atoms with E-state index < -0.39 is 0 Å². The largest absolute Gasteiger partial charge is 0.455 e. The second kappa shape index (κ2) is 16.4. The molecule has 0 N–H and O–H groups in total. The Balaban J connectivity index is 1.14. The molecule has 0 aliphatic carbocycles. The van der Waals surface area contributed by atoms with Crippen LogP contribution in [0.1, 0.15) is 18.9 Å². The molecule has 1 aromatic heterocycles. The first-order chi connectivity index (χ1) is 28.7. The van der Waals surface area contributed by atoms with Crippen molar-refractivity contribution in [2.75, 3.05) is 4.90 Å². The number of benzene rings is 8. The van der Waals surface area contributed by atoms with Gasteiger partial charge in [-0.05, 0) is 93.4 Å². The molecule has 0 aliphatic rings. The average Bonchev–Trinajstić information content (AvgIpc) is 3.68. The highest BCUT2D eigenvalue weighted by molar-refractivity contribution is 6.09. The molecule has 0 spiro atoms. The summed E-state index contributed by atoms with van der Waals surface area (Å²) in [4.78, 5) is 2.36. The van der Waals surface area contributed by atoms with Gasteiger partial charge in [0, 0.05) is 33.3 Å². The normalized spacial score (nSPS) is 11.7. The average molecular weight is 746 g/mol. The zero-order valence-corrected chi connectivity index (χ0v) is 32.6. The maximum Gasteiger partial charge on any atom is 0.143 e. The Kier molecular flexibility index (Phi) is 10.2. The summed E-state index contributed by atoms with van der Waals surface area (Å²) < 4.78 is 6.42. The van der Waals surface area contributed by atoms with Crippen LogP contribution in [0, 0.1) is 0 Å². The predicted molar refractivity (Wildman–Crippen MR) is 248 cm³/mol. The van der Waals surface area contributed by atoms with Crippen molar-refractivity contribution in [2.24, 2.45) is 0 Å². The van der Waals surface area contributed by atoms with Crippen LogP contribution in [0.4, 0.5) is 17.1 Å². The first-order valence-corrected chi connectivity index (χ1v) is 19.9. The van der Waals surface area contributed by atoms with Crippen LogP contribution < -0.4 is 4.90 Å². The highest BCUT2D eigenvalue weighted by atomic mass is 16.3. The minimum Gasteiger partial charge on any atom is -0.455 e. The summed E-state index contributed by atoms with van der Waals surface area (Å²) in [6.07, 6.45) is 9.24. The molecule has 0 radical (unpaired) electrons. The lowest BCUT2D eigenvalue weighted by molar-refractivity contribution is 0.670. The number of hydrogen-bond acceptors (Lipinski definition) is 2. The fourth-order valence-corrected chi connectivity index (χ4v) is 8.02. The van der Waals surface area contributed by atoms with E-state index in [1.165, 1.54) is 27.8 Å². The third kappa shape index (κ3) is 7.09. The number of hydrogen-bond donors (Lipinski definition) is 0. The van der Waals surface area contributed by atoms with E-state index in [0.717, 1.165) is 73.2 Å². The molecule has 9 aromatic rings. The fourth-order valence-electron chi connectivity index (χ4n) is 8.02. The van der Waals surface area contributed by atoms with E-state index >= 15 is 0 Å². The van der Waals surface area contributed by atoms with Gasteiger partial charge in [0.25, 0.3) is 0 Å². The van der Waals surface area contributed by atoms with Gasteiger partial charge in [-0.3, -0.25) is 0 Å². The standard InChI is InChI=1S/C56H43NO/c1-3-5-18-41(17-4-2)53-39-45(33-38-48(53)42-19-8-6-9-20-42)40-29-34-46(35-30-40)57(54-27-14-12-23-49(54)43-21-10-7-11-22-43)47-36-31-44(32-37-47)50-25-16-26-52-51-24-13-15-28-55(51)58-56(50)52/h3,5-39H,1,4H2,2H3/b18-5-,41-17+. The van der Waals surface area contributed by atoms with E-state index in [0.29, 0.717) is 0 Å². The molecule has 0 saturated carbocycles. The van der Waals surface area contributed by atoms with Crippen LogP contribution in [0.25, 0.3) is 72.0 Å². The summed E-state index contributed by atoms with van der Waals surface area (Å²) >= 11 is 0. The van der Waals surface area contributed by atoms with Gasteiger partial charge in [-0.2, -0.15) is 0 Å². The maximum absolute atomic E-state index is 6.42. The van der Waals surface area contributed by atoms with E-state index in [1.54, 1.807) is 0 Å². The van der Waals surface area contributed by atoms with Gasteiger partial charge in [0.05, 0.1) is 5.69 Å². The molecular weight excluding hydrogens is 703 g/mol. The Morgan fingerprint density at radius 2 is 1.09 bits per heavy atom. The van der Waals surface area contributed by atoms with Crippen molar-refractivity contribution >= 4 is 44.6 Å². The number of allylic oxidation sites excluding steroid dienone is 5. The van der Waals surface area contributed by atoms with Gasteiger partial charge in [-0.1, -0.05) is 189 Å². The van der Waals surface area contributed by atoms with Gasteiger partial charge < -0.3 is 9.32 Å². The summed E-state index contributed by atoms with van der Waals surface area (Å²) in [5.74, 6) is 0. The molecule has 0 atom stereocenters. The van der Waals surface area contributed by atoms with Crippen LogP contribution in [0.15, 0.2) is 229 Å². The zero-order valence-electron chi connectivity index (χ0n) is 32.6. The van der Waals surface area contributed by atoms with Crippen molar-refractivity contribution in [3.63, 3.8) is 0 Å². The van der Waals surface area contributed by atoms with E-state index in [2.05, 4.69) is 213 Å². The molecule has 58 heavy (non-hydrogen) atoms. The summed E-state index contributed by atoms with van der Waals surface area (Å²) in [6, 6.07) is 69.3. The molecule has 0 saturated heterocycles. The summed E-state index contributed by atoms with van der Waals surface area (Å²) in [7, 11) is 0. The first kappa shape index (κ1) is 36.2. The molecule has 2 heteroatoms. The highest BCUT2D eigenvalue weighted by Gasteiger charge is 2.19. The number of anilines is 3. The minimum absolute atomic E-state index is 0.902.